The molecular weight excluding hydrogens is 1130 g/mol. The van der Waals surface area contributed by atoms with Crippen LogP contribution in [0.3, 0.4) is 0 Å². The van der Waals surface area contributed by atoms with E-state index in [1.807, 2.05) is 0 Å². The second kappa shape index (κ2) is 27.5. The molecule has 6 aromatic rings. The molecule has 0 aromatic carbocycles. The Labute approximate surface area is 457 Å². The van der Waals surface area contributed by atoms with Gasteiger partial charge in [0.2, 0.25) is 0 Å². The van der Waals surface area contributed by atoms with Crippen molar-refractivity contribution in [3.8, 4) is 33.4 Å². The maximum Gasteiger partial charge on any atom is 0.356 e. The number of carboxylic acid groups (broad SMARTS) is 2. The Bertz CT molecular complexity index is 3180. The molecule has 0 aliphatic carbocycles. The van der Waals surface area contributed by atoms with E-state index in [2.05, 4.69) is 29.9 Å². The number of carboxylic acids is 2. The Morgan fingerprint density at radius 1 is 0.329 bits per heavy atom. The highest BCUT2D eigenvalue weighted by atomic mass is 35.5. The number of rotatable bonds is 17. The Hall–Kier alpha value is -7.99. The molecule has 0 saturated heterocycles. The summed E-state index contributed by atoms with van der Waals surface area (Å²) in [6.45, 7) is 6.77. The fourth-order valence-electron chi connectivity index (χ4n) is 6.07. The van der Waals surface area contributed by atoms with Gasteiger partial charge in [0.15, 0.2) is 0 Å². The molecule has 0 saturated carbocycles. The third-order valence-corrected chi connectivity index (χ3v) is 10.3. The van der Waals surface area contributed by atoms with E-state index < -0.39 is 61.3 Å². The molecule has 76 heavy (non-hydrogen) atoms. The summed E-state index contributed by atoms with van der Waals surface area (Å²) in [5, 5.41) is 12.8. The van der Waals surface area contributed by atoms with Gasteiger partial charge in [0.25, 0.3) is 31.5 Å². The molecule has 0 fully saturated rings. The molecule has 0 aliphatic rings. The number of ether oxygens (including phenoxy) is 3. The monoisotopic (exact) mass is 1160 g/mol. The predicted octanol–water partition coefficient (Wildman–Crippen LogP) is 8.94. The van der Waals surface area contributed by atoms with Crippen molar-refractivity contribution < 1.29 is 77.2 Å². The van der Waals surface area contributed by atoms with Crippen molar-refractivity contribution in [1.29, 1.82) is 0 Å². The zero-order valence-corrected chi connectivity index (χ0v) is 43.6. The van der Waals surface area contributed by atoms with E-state index >= 15 is 0 Å². The summed E-state index contributed by atoms with van der Waals surface area (Å²) in [7, 11) is 0. The van der Waals surface area contributed by atoms with Crippen LogP contribution in [-0.4, -0.2) is 121 Å². The van der Waals surface area contributed by atoms with Gasteiger partial charge in [-0.05, 0) is 203 Å². The standard InChI is InChI=1S/C18H14Cl2N2O6.C16H14N2O6.C14H4Cl4N2O4/c1-3-27-17(25)13-7-9(5-11(21-13)15(19)23)10-6-12(16(20)24)22-14(8-10)18(26)28-4-2;1-3-24-16(23)13-7-10(6-12(18-13)15(21)22)9-4-8(2)17-11(5-9)14(19)20;15-11(21)7-1-5(2-8(19-7)12(16)22)6-3-9(13(17)23)20-10(4-6)14(18)24/h5-8H,3-4H2,1-2H3;4-7H,3H2,1-2H3,(H,19,20)(H,21,22);1-4H. The molecule has 0 atom stereocenters. The van der Waals surface area contributed by atoms with Crippen molar-refractivity contribution in [2.45, 2.75) is 27.7 Å². The van der Waals surface area contributed by atoms with Crippen LogP contribution >= 0.6 is 69.6 Å². The summed E-state index contributed by atoms with van der Waals surface area (Å²) in [4.78, 5) is 150. The number of aromatic carboxylic acids is 2. The summed E-state index contributed by atoms with van der Waals surface area (Å²) < 4.78 is 14.6. The summed E-state index contributed by atoms with van der Waals surface area (Å²) in [6.07, 6.45) is 0. The molecule has 2 N–H and O–H groups in total. The molecule has 0 aliphatic heterocycles. The maximum absolute atomic E-state index is 12.0. The molecule has 0 bridgehead atoms. The fraction of sp³-hybridized carbons (Fsp3) is 0.146. The number of hydrogen-bond donors (Lipinski definition) is 2. The largest absolute Gasteiger partial charge is 0.477 e. The van der Waals surface area contributed by atoms with Crippen molar-refractivity contribution in [2.75, 3.05) is 19.8 Å². The van der Waals surface area contributed by atoms with E-state index in [1.165, 1.54) is 66.7 Å². The van der Waals surface area contributed by atoms with Crippen LogP contribution in [0.4, 0.5) is 0 Å². The first kappa shape index (κ1) is 60.6. The van der Waals surface area contributed by atoms with Crippen molar-refractivity contribution in [3.63, 3.8) is 0 Å². The van der Waals surface area contributed by atoms with E-state index in [9.17, 15) is 52.7 Å². The molecule has 22 nitrogen and oxygen atoms in total. The minimum atomic E-state index is -1.31. The van der Waals surface area contributed by atoms with Crippen LogP contribution < -0.4 is 0 Å². The van der Waals surface area contributed by atoms with Crippen LogP contribution in [0.5, 0.6) is 0 Å². The van der Waals surface area contributed by atoms with Crippen LogP contribution in [0.15, 0.2) is 72.8 Å². The van der Waals surface area contributed by atoms with E-state index in [1.54, 1.807) is 33.8 Å². The number of aryl methyl sites for hydroxylation is 1. The average Bonchev–Trinajstić information content (AvgIpc) is 3.38. The molecule has 6 rings (SSSR count). The topological polar surface area (TPSA) is 333 Å². The van der Waals surface area contributed by atoms with Crippen molar-refractivity contribution in [1.82, 2.24) is 29.9 Å². The maximum atomic E-state index is 12.0. The van der Waals surface area contributed by atoms with Gasteiger partial charge < -0.3 is 24.4 Å². The number of halogens is 6. The second-order valence-corrected chi connectivity index (χ2v) is 16.5. The van der Waals surface area contributed by atoms with Gasteiger partial charge in [0.1, 0.15) is 62.6 Å². The molecule has 0 radical (unpaired) electrons. The minimum absolute atomic E-state index is 0.0993. The average molecular weight is 1160 g/mol. The first-order valence-corrected chi connectivity index (χ1v) is 23.3. The van der Waals surface area contributed by atoms with Gasteiger partial charge in [-0.1, -0.05) is 0 Å². The first-order valence-electron chi connectivity index (χ1n) is 21.0. The highest BCUT2D eigenvalue weighted by Gasteiger charge is 2.22. The van der Waals surface area contributed by atoms with Gasteiger partial charge in [-0.25, -0.2) is 53.9 Å². The number of hydrogen-bond acceptors (Lipinski definition) is 20. The van der Waals surface area contributed by atoms with Gasteiger partial charge in [0, 0.05) is 5.69 Å². The molecule has 0 spiro atoms. The number of esters is 3. The van der Waals surface area contributed by atoms with E-state index in [-0.39, 0.29) is 105 Å². The fourth-order valence-corrected chi connectivity index (χ4v) is 6.65. The number of aromatic nitrogens is 6. The molecule has 392 valence electrons. The Kier molecular flexibility index (Phi) is 21.9. The third-order valence-electron chi connectivity index (χ3n) is 9.18. The summed E-state index contributed by atoms with van der Waals surface area (Å²) >= 11 is 32.5. The quantitative estimate of drug-likeness (QED) is 0.0488. The van der Waals surface area contributed by atoms with Crippen LogP contribution in [0.1, 0.15) is 142 Å². The molecule has 6 aromatic heterocycles. The van der Waals surface area contributed by atoms with E-state index in [4.69, 9.17) is 94.0 Å². The Balaban J connectivity index is 0.000000247. The van der Waals surface area contributed by atoms with Crippen LogP contribution in [0.2, 0.25) is 0 Å². The zero-order valence-electron chi connectivity index (χ0n) is 39.1. The van der Waals surface area contributed by atoms with Crippen molar-refractivity contribution in [2.24, 2.45) is 0 Å². The van der Waals surface area contributed by atoms with E-state index in [0.717, 1.165) is 0 Å². The van der Waals surface area contributed by atoms with Gasteiger partial charge in [0.05, 0.1) is 19.8 Å². The van der Waals surface area contributed by atoms with E-state index in [0.29, 0.717) is 16.8 Å². The summed E-state index contributed by atoms with van der Waals surface area (Å²) in [5.74, 6) is -4.82. The number of nitrogens with zero attached hydrogens (tertiary/aromatic N) is 6. The third kappa shape index (κ3) is 16.8. The SMILES string of the molecule is CCOC(=O)c1cc(-c2cc(C(=O)Cl)nc(C(=O)OCC)c2)cc(C(=O)Cl)n1.CCOC(=O)c1cc(-c2cc(C)nc(C(=O)O)c2)cc(C(=O)O)n1.O=C(Cl)c1cc(-c2cc(C(=O)Cl)nc(C(=O)Cl)c2)cc(C(=O)Cl)n1. The minimum Gasteiger partial charge on any atom is -0.477 e. The lowest BCUT2D eigenvalue weighted by atomic mass is 10.0. The zero-order chi connectivity index (χ0) is 56.7. The van der Waals surface area contributed by atoms with Gasteiger partial charge in [-0.2, -0.15) is 0 Å². The van der Waals surface area contributed by atoms with Crippen LogP contribution in [0.25, 0.3) is 33.4 Å². The second-order valence-electron chi connectivity index (χ2n) is 14.4. The number of carbonyl (C=O) groups is 11. The molecule has 0 unspecified atom stereocenters. The lowest BCUT2D eigenvalue weighted by molar-refractivity contribution is 0.0509. The normalized spacial score (nSPS) is 10.3. The summed E-state index contributed by atoms with van der Waals surface area (Å²) in [5.41, 5.74) is -0.235. The Morgan fingerprint density at radius 3 is 0.737 bits per heavy atom. The predicted molar refractivity (Wildman–Crippen MR) is 270 cm³/mol. The van der Waals surface area contributed by atoms with Gasteiger partial charge in [-0.15, -0.1) is 0 Å². The molecular formula is C48H32Cl6N6O16. The number of carbonyl (C=O) groups excluding carboxylic acids is 9. The molecule has 28 heteroatoms. The van der Waals surface area contributed by atoms with Gasteiger partial charge >= 0.3 is 29.8 Å². The van der Waals surface area contributed by atoms with Gasteiger partial charge in [-0.3, -0.25) is 28.8 Å². The molecule has 6 heterocycles. The first-order chi connectivity index (χ1) is 35.8. The highest BCUT2D eigenvalue weighted by molar-refractivity contribution is 6.69. The highest BCUT2D eigenvalue weighted by Crippen LogP contribution is 2.28. The summed E-state index contributed by atoms with van der Waals surface area (Å²) in [6, 6.07) is 15.7. The van der Waals surface area contributed by atoms with Crippen LogP contribution in [0, 0.1) is 6.92 Å². The smallest absolute Gasteiger partial charge is 0.356 e. The molecule has 0 amide bonds. The Morgan fingerprint density at radius 2 is 0.513 bits per heavy atom. The van der Waals surface area contributed by atoms with Crippen molar-refractivity contribution >= 4 is 131 Å². The van der Waals surface area contributed by atoms with Crippen molar-refractivity contribution in [3.05, 3.63) is 141 Å². The van der Waals surface area contributed by atoms with Crippen LogP contribution in [-0.2, 0) is 14.2 Å². The lowest BCUT2D eigenvalue weighted by Gasteiger charge is -2.09. The lowest BCUT2D eigenvalue weighted by Crippen LogP contribution is -2.11. The number of pyridine rings is 6.